The predicted molar refractivity (Wildman–Crippen MR) is 72.2 cm³/mol. The maximum absolute atomic E-state index is 2.44. The molecule has 1 aromatic rings. The van der Waals surface area contributed by atoms with Crippen molar-refractivity contribution in [3.8, 4) is 0 Å². The molecule has 2 rings (SSSR count). The third kappa shape index (κ3) is 2.46. The van der Waals surface area contributed by atoms with E-state index in [1.165, 1.54) is 11.4 Å². The van der Waals surface area contributed by atoms with Gasteiger partial charge in [-0.25, -0.2) is 0 Å². The summed E-state index contributed by atoms with van der Waals surface area (Å²) in [5.74, 6) is 0.717. The molecule has 0 amide bonds. The largest absolute Gasteiger partial charge is 0.355 e. The van der Waals surface area contributed by atoms with Gasteiger partial charge in [0.2, 0.25) is 0 Å². The van der Waals surface area contributed by atoms with Gasteiger partial charge < -0.3 is 9.80 Å². The van der Waals surface area contributed by atoms with Crippen molar-refractivity contribution in [2.75, 3.05) is 30.1 Å². The zero-order chi connectivity index (χ0) is 10.1. The molecular weight excluding hydrogens is 252 g/mol. The Balaban J connectivity index is 0.00000112. The van der Waals surface area contributed by atoms with Crippen molar-refractivity contribution >= 4 is 28.4 Å². The molecule has 84 valence electrons. The van der Waals surface area contributed by atoms with Gasteiger partial charge in [-0.1, -0.05) is 26.0 Å². The zero-order valence-corrected chi connectivity index (χ0v) is 11.3. The van der Waals surface area contributed by atoms with Crippen LogP contribution in [0.5, 0.6) is 0 Å². The lowest BCUT2D eigenvalue weighted by atomic mass is 10.2. The second-order valence-corrected chi connectivity index (χ2v) is 4.44. The number of para-hydroxylation sites is 2. The number of halogens is 1. The van der Waals surface area contributed by atoms with E-state index in [0.717, 1.165) is 19.1 Å². The lowest BCUT2D eigenvalue weighted by Gasteiger charge is -2.21. The van der Waals surface area contributed by atoms with Gasteiger partial charge >= 0.3 is 0 Å². The number of rotatable bonds is 2. The summed E-state index contributed by atoms with van der Waals surface area (Å²) in [6.07, 6.45) is 0. The van der Waals surface area contributed by atoms with Crippen molar-refractivity contribution in [3.05, 3.63) is 24.3 Å². The Morgan fingerprint density at radius 2 is 1.80 bits per heavy atom. The molecule has 15 heavy (non-hydrogen) atoms. The molecule has 0 saturated heterocycles. The summed E-state index contributed by atoms with van der Waals surface area (Å²) in [5, 5.41) is 0. The average molecular weight is 271 g/mol. The van der Waals surface area contributed by atoms with Gasteiger partial charge in [0.05, 0.1) is 18.0 Å². The van der Waals surface area contributed by atoms with Gasteiger partial charge in [0.25, 0.3) is 0 Å². The lowest BCUT2D eigenvalue weighted by molar-refractivity contribution is 0.619. The predicted octanol–water partition coefficient (Wildman–Crippen LogP) is 3.13. The molecular formula is C12H19BrN2. The van der Waals surface area contributed by atoms with Crippen LogP contribution in [0.4, 0.5) is 11.4 Å². The average Bonchev–Trinajstić information content (AvgIpc) is 2.44. The Morgan fingerprint density at radius 1 is 1.20 bits per heavy atom. The number of nitrogens with zero attached hydrogens (tertiary/aromatic N) is 2. The minimum Gasteiger partial charge on any atom is -0.355 e. The fourth-order valence-electron chi connectivity index (χ4n) is 2.06. The van der Waals surface area contributed by atoms with E-state index in [4.69, 9.17) is 0 Å². The SMILES string of the molecule is Br.CC(C)CN1CN(C)c2ccccc21. The topological polar surface area (TPSA) is 6.48 Å². The van der Waals surface area contributed by atoms with Crippen molar-refractivity contribution in [3.63, 3.8) is 0 Å². The standard InChI is InChI=1S/C12H18N2.BrH/c1-10(2)8-14-9-13(3)11-6-4-5-7-12(11)14;/h4-7,10H,8-9H2,1-3H3;1H. The molecule has 0 unspecified atom stereocenters. The van der Waals surface area contributed by atoms with Gasteiger partial charge in [-0.3, -0.25) is 0 Å². The molecule has 0 bridgehead atoms. The minimum absolute atomic E-state index is 0. The van der Waals surface area contributed by atoms with Crippen LogP contribution in [-0.4, -0.2) is 20.3 Å². The summed E-state index contributed by atoms with van der Waals surface area (Å²) < 4.78 is 0. The van der Waals surface area contributed by atoms with E-state index in [1.54, 1.807) is 0 Å². The number of benzene rings is 1. The molecule has 0 atom stereocenters. The fourth-order valence-corrected chi connectivity index (χ4v) is 2.06. The molecule has 1 aliphatic heterocycles. The fraction of sp³-hybridized carbons (Fsp3) is 0.500. The van der Waals surface area contributed by atoms with Crippen molar-refractivity contribution in [1.82, 2.24) is 0 Å². The van der Waals surface area contributed by atoms with Crippen LogP contribution in [0.15, 0.2) is 24.3 Å². The molecule has 3 heteroatoms. The molecule has 1 aromatic carbocycles. The molecule has 0 fully saturated rings. The summed E-state index contributed by atoms with van der Waals surface area (Å²) in [5.41, 5.74) is 2.73. The van der Waals surface area contributed by atoms with E-state index >= 15 is 0 Å². The highest BCUT2D eigenvalue weighted by Crippen LogP contribution is 2.34. The third-order valence-corrected chi connectivity index (χ3v) is 2.60. The number of hydrogen-bond donors (Lipinski definition) is 0. The third-order valence-electron chi connectivity index (χ3n) is 2.60. The highest BCUT2D eigenvalue weighted by molar-refractivity contribution is 8.93. The molecule has 1 heterocycles. The van der Waals surface area contributed by atoms with Gasteiger partial charge in [-0.2, -0.15) is 0 Å². The van der Waals surface area contributed by atoms with Crippen molar-refractivity contribution in [1.29, 1.82) is 0 Å². The molecule has 0 N–H and O–H groups in total. The summed E-state index contributed by atoms with van der Waals surface area (Å²) in [7, 11) is 2.15. The van der Waals surface area contributed by atoms with Crippen molar-refractivity contribution in [2.24, 2.45) is 5.92 Å². The van der Waals surface area contributed by atoms with E-state index in [0.29, 0.717) is 0 Å². The van der Waals surface area contributed by atoms with Crippen LogP contribution in [0.2, 0.25) is 0 Å². The lowest BCUT2D eigenvalue weighted by Crippen LogP contribution is -2.31. The summed E-state index contributed by atoms with van der Waals surface area (Å²) in [6, 6.07) is 8.62. The molecule has 2 nitrogen and oxygen atoms in total. The van der Waals surface area contributed by atoms with Crippen LogP contribution in [0.3, 0.4) is 0 Å². The summed E-state index contributed by atoms with van der Waals surface area (Å²) in [4.78, 5) is 4.75. The monoisotopic (exact) mass is 270 g/mol. The maximum atomic E-state index is 2.44. The molecule has 0 aromatic heterocycles. The normalized spacial score (nSPS) is 14.1. The maximum Gasteiger partial charge on any atom is 0.0901 e. The highest BCUT2D eigenvalue weighted by atomic mass is 79.9. The molecule has 0 spiro atoms. The van der Waals surface area contributed by atoms with Crippen LogP contribution >= 0.6 is 17.0 Å². The Morgan fingerprint density at radius 3 is 2.40 bits per heavy atom. The highest BCUT2D eigenvalue weighted by Gasteiger charge is 2.22. The zero-order valence-electron chi connectivity index (χ0n) is 9.60. The Hall–Kier alpha value is -0.700. The molecule has 1 aliphatic rings. The minimum atomic E-state index is 0. The number of anilines is 2. The van der Waals surface area contributed by atoms with Crippen LogP contribution in [0.1, 0.15) is 13.8 Å². The van der Waals surface area contributed by atoms with Crippen LogP contribution in [0.25, 0.3) is 0 Å². The smallest absolute Gasteiger partial charge is 0.0901 e. The van der Waals surface area contributed by atoms with E-state index in [-0.39, 0.29) is 17.0 Å². The van der Waals surface area contributed by atoms with Gasteiger partial charge in [0.15, 0.2) is 0 Å². The Kier molecular flexibility index (Phi) is 4.03. The summed E-state index contributed by atoms with van der Waals surface area (Å²) in [6.45, 7) is 6.70. The Bertz CT molecular complexity index is 323. The van der Waals surface area contributed by atoms with E-state index < -0.39 is 0 Å². The quantitative estimate of drug-likeness (QED) is 0.815. The number of fused-ring (bicyclic) bond motifs is 1. The first-order valence-corrected chi connectivity index (χ1v) is 5.23. The first-order chi connectivity index (χ1) is 6.68. The van der Waals surface area contributed by atoms with E-state index in [9.17, 15) is 0 Å². The van der Waals surface area contributed by atoms with Crippen LogP contribution in [-0.2, 0) is 0 Å². The summed E-state index contributed by atoms with van der Waals surface area (Å²) >= 11 is 0. The molecule has 0 aliphatic carbocycles. The molecule has 0 saturated carbocycles. The van der Waals surface area contributed by atoms with E-state index in [2.05, 4.69) is 55.0 Å². The van der Waals surface area contributed by atoms with Gasteiger partial charge in [-0.15, -0.1) is 17.0 Å². The van der Waals surface area contributed by atoms with E-state index in [1.807, 2.05) is 0 Å². The Labute approximate surface area is 103 Å². The van der Waals surface area contributed by atoms with Gasteiger partial charge in [-0.05, 0) is 18.1 Å². The van der Waals surface area contributed by atoms with Crippen LogP contribution < -0.4 is 9.80 Å². The first-order valence-electron chi connectivity index (χ1n) is 5.23. The van der Waals surface area contributed by atoms with Gasteiger partial charge in [0.1, 0.15) is 0 Å². The first kappa shape index (κ1) is 12.4. The number of hydrogen-bond acceptors (Lipinski definition) is 2. The van der Waals surface area contributed by atoms with Crippen LogP contribution in [0, 0.1) is 5.92 Å². The van der Waals surface area contributed by atoms with Gasteiger partial charge in [0, 0.05) is 13.6 Å². The van der Waals surface area contributed by atoms with Crippen molar-refractivity contribution < 1.29 is 0 Å². The second kappa shape index (κ2) is 4.88. The van der Waals surface area contributed by atoms with Crippen molar-refractivity contribution in [2.45, 2.75) is 13.8 Å². The second-order valence-electron chi connectivity index (χ2n) is 4.44. The molecule has 0 radical (unpaired) electrons.